The summed E-state index contributed by atoms with van der Waals surface area (Å²) in [6, 6.07) is 0.762. The molecular weight excluding hydrogens is 234 g/mol. The lowest BCUT2D eigenvalue weighted by atomic mass is 9.89. The first kappa shape index (κ1) is 16.9. The zero-order valence-electron chi connectivity index (χ0n) is 13.6. The quantitative estimate of drug-likeness (QED) is 0.688. The molecule has 1 unspecified atom stereocenters. The molecule has 1 aliphatic rings. The number of likely N-dealkylation sites (tertiary alicyclic amines) is 1. The van der Waals surface area contributed by atoms with Crippen LogP contribution in [0.25, 0.3) is 0 Å². The molecule has 0 bridgehead atoms. The van der Waals surface area contributed by atoms with Crippen molar-refractivity contribution in [3.63, 3.8) is 0 Å². The third-order valence-corrected chi connectivity index (χ3v) is 4.97. The Balaban J connectivity index is 2.41. The molecule has 1 aliphatic heterocycles. The summed E-state index contributed by atoms with van der Waals surface area (Å²) < 4.78 is 0. The fourth-order valence-corrected chi connectivity index (χ4v) is 3.24. The van der Waals surface area contributed by atoms with Gasteiger partial charge in [0.25, 0.3) is 0 Å². The molecular formula is C16H35N3. The first-order valence-electron chi connectivity index (χ1n) is 8.15. The number of nitrogens with two attached hydrogens (primary N) is 1. The highest BCUT2D eigenvalue weighted by atomic mass is 15.2. The van der Waals surface area contributed by atoms with E-state index in [0.29, 0.717) is 0 Å². The van der Waals surface area contributed by atoms with Crippen LogP contribution < -0.4 is 5.73 Å². The van der Waals surface area contributed by atoms with E-state index in [1.165, 1.54) is 58.0 Å². The predicted molar refractivity (Wildman–Crippen MR) is 84.5 cm³/mol. The molecule has 0 aromatic rings. The van der Waals surface area contributed by atoms with Crippen LogP contribution in [0.15, 0.2) is 0 Å². The van der Waals surface area contributed by atoms with Crippen LogP contribution in [0.2, 0.25) is 0 Å². The lowest BCUT2D eigenvalue weighted by Crippen LogP contribution is -2.56. The number of piperidine rings is 1. The van der Waals surface area contributed by atoms with E-state index >= 15 is 0 Å². The minimum Gasteiger partial charge on any atom is -0.329 e. The molecule has 1 saturated heterocycles. The van der Waals surface area contributed by atoms with E-state index in [2.05, 4.69) is 37.7 Å². The Morgan fingerprint density at radius 1 is 1.16 bits per heavy atom. The largest absolute Gasteiger partial charge is 0.329 e. The molecule has 1 fully saturated rings. The molecule has 19 heavy (non-hydrogen) atoms. The molecule has 0 aromatic carbocycles. The highest BCUT2D eigenvalue weighted by molar-refractivity contribution is 4.91. The number of nitrogens with zero attached hydrogens (tertiary/aromatic N) is 2. The van der Waals surface area contributed by atoms with E-state index in [1.807, 2.05) is 0 Å². The molecule has 1 atom stereocenters. The van der Waals surface area contributed by atoms with Crippen LogP contribution in [0, 0.1) is 0 Å². The minimum absolute atomic E-state index is 0.227. The van der Waals surface area contributed by atoms with Gasteiger partial charge in [-0.25, -0.2) is 0 Å². The molecule has 0 spiro atoms. The predicted octanol–water partition coefficient (Wildman–Crippen LogP) is 2.70. The number of unbranched alkanes of at least 4 members (excludes halogenated alkanes) is 3. The molecule has 3 heteroatoms. The normalized spacial score (nSPS) is 21.8. The van der Waals surface area contributed by atoms with Crippen molar-refractivity contribution in [3.05, 3.63) is 0 Å². The van der Waals surface area contributed by atoms with Crippen molar-refractivity contribution in [3.8, 4) is 0 Å². The Hall–Kier alpha value is -0.120. The van der Waals surface area contributed by atoms with Crippen molar-refractivity contribution in [1.82, 2.24) is 9.80 Å². The van der Waals surface area contributed by atoms with E-state index < -0.39 is 0 Å². The van der Waals surface area contributed by atoms with Crippen molar-refractivity contribution in [2.45, 2.75) is 70.4 Å². The lowest BCUT2D eigenvalue weighted by molar-refractivity contribution is 0.0488. The molecule has 114 valence electrons. The minimum atomic E-state index is 0.227. The number of hydrogen-bond donors (Lipinski definition) is 1. The molecule has 0 aromatic heterocycles. The smallest absolute Gasteiger partial charge is 0.0303 e. The van der Waals surface area contributed by atoms with Gasteiger partial charge < -0.3 is 10.6 Å². The Morgan fingerprint density at radius 3 is 2.26 bits per heavy atom. The zero-order chi connectivity index (χ0) is 14.3. The van der Waals surface area contributed by atoms with Gasteiger partial charge in [0.2, 0.25) is 0 Å². The molecule has 3 nitrogen and oxygen atoms in total. The van der Waals surface area contributed by atoms with E-state index in [1.54, 1.807) is 0 Å². The third-order valence-electron chi connectivity index (χ3n) is 4.97. The summed E-state index contributed by atoms with van der Waals surface area (Å²) in [4.78, 5) is 5.03. The van der Waals surface area contributed by atoms with Crippen molar-refractivity contribution in [2.24, 2.45) is 5.73 Å². The Morgan fingerprint density at radius 2 is 1.79 bits per heavy atom. The fraction of sp³-hybridized carbons (Fsp3) is 1.00. The van der Waals surface area contributed by atoms with Gasteiger partial charge in [-0.1, -0.05) is 32.6 Å². The summed E-state index contributed by atoms with van der Waals surface area (Å²) in [6.07, 6.45) is 9.21. The van der Waals surface area contributed by atoms with Crippen LogP contribution in [0.3, 0.4) is 0 Å². The van der Waals surface area contributed by atoms with Crippen LogP contribution in [0.1, 0.15) is 58.8 Å². The first-order chi connectivity index (χ1) is 9.03. The highest BCUT2D eigenvalue weighted by Crippen LogP contribution is 2.26. The Bertz CT molecular complexity index is 234. The van der Waals surface area contributed by atoms with Gasteiger partial charge in [0.1, 0.15) is 0 Å². The molecule has 0 aliphatic carbocycles. The molecule has 0 saturated carbocycles. The monoisotopic (exact) mass is 269 g/mol. The molecule has 0 radical (unpaired) electrons. The second-order valence-electron chi connectivity index (χ2n) is 6.69. The maximum Gasteiger partial charge on any atom is 0.0303 e. The first-order valence-corrected chi connectivity index (χ1v) is 8.15. The summed E-state index contributed by atoms with van der Waals surface area (Å²) in [5.74, 6) is 0. The van der Waals surface area contributed by atoms with Crippen molar-refractivity contribution < 1.29 is 0 Å². The number of rotatable bonds is 8. The van der Waals surface area contributed by atoms with Crippen LogP contribution in [-0.4, -0.2) is 55.1 Å². The van der Waals surface area contributed by atoms with Crippen molar-refractivity contribution in [2.75, 3.05) is 33.7 Å². The average Bonchev–Trinajstić information content (AvgIpc) is 2.43. The fourth-order valence-electron chi connectivity index (χ4n) is 3.24. The summed E-state index contributed by atoms with van der Waals surface area (Å²) in [7, 11) is 4.40. The third kappa shape index (κ3) is 5.05. The number of hydrogen-bond acceptors (Lipinski definition) is 3. The summed E-state index contributed by atoms with van der Waals surface area (Å²) in [5, 5.41) is 0. The van der Waals surface area contributed by atoms with Gasteiger partial charge in [-0.15, -0.1) is 0 Å². The van der Waals surface area contributed by atoms with Crippen LogP contribution >= 0.6 is 0 Å². The van der Waals surface area contributed by atoms with Gasteiger partial charge in [-0.3, -0.25) is 4.90 Å². The Labute approximate surface area is 120 Å². The zero-order valence-corrected chi connectivity index (χ0v) is 13.6. The molecule has 1 rings (SSSR count). The van der Waals surface area contributed by atoms with Gasteiger partial charge in [0, 0.05) is 31.2 Å². The molecule has 2 N–H and O–H groups in total. The second-order valence-corrected chi connectivity index (χ2v) is 6.69. The maximum absolute atomic E-state index is 6.09. The SMILES string of the molecule is CCCCCCC(C)(CN)N1CCC(N(C)C)CC1. The molecule has 0 amide bonds. The topological polar surface area (TPSA) is 32.5 Å². The van der Waals surface area contributed by atoms with Gasteiger partial charge in [0.15, 0.2) is 0 Å². The van der Waals surface area contributed by atoms with E-state index in [0.717, 1.165) is 12.6 Å². The van der Waals surface area contributed by atoms with Gasteiger partial charge in [0.05, 0.1) is 0 Å². The van der Waals surface area contributed by atoms with E-state index in [4.69, 9.17) is 5.73 Å². The van der Waals surface area contributed by atoms with E-state index in [-0.39, 0.29) is 5.54 Å². The lowest BCUT2D eigenvalue weighted by Gasteiger charge is -2.45. The van der Waals surface area contributed by atoms with Crippen LogP contribution in [0.4, 0.5) is 0 Å². The summed E-state index contributed by atoms with van der Waals surface area (Å²) >= 11 is 0. The van der Waals surface area contributed by atoms with Crippen molar-refractivity contribution in [1.29, 1.82) is 0 Å². The van der Waals surface area contributed by atoms with Crippen LogP contribution in [0.5, 0.6) is 0 Å². The Kier molecular flexibility index (Phi) is 7.33. The van der Waals surface area contributed by atoms with Crippen LogP contribution in [-0.2, 0) is 0 Å². The highest BCUT2D eigenvalue weighted by Gasteiger charge is 2.33. The second kappa shape index (κ2) is 8.23. The van der Waals surface area contributed by atoms with Gasteiger partial charge in [-0.05, 0) is 40.3 Å². The summed E-state index contributed by atoms with van der Waals surface area (Å²) in [5.41, 5.74) is 6.32. The average molecular weight is 269 g/mol. The molecule has 1 heterocycles. The van der Waals surface area contributed by atoms with Gasteiger partial charge in [-0.2, -0.15) is 0 Å². The summed E-state index contributed by atoms with van der Waals surface area (Å²) in [6.45, 7) is 7.86. The standard InChI is InChI=1S/C16H35N3/c1-5-6-7-8-11-16(2,14-17)19-12-9-15(10-13-19)18(3)4/h15H,5-14,17H2,1-4H3. The van der Waals surface area contributed by atoms with E-state index in [9.17, 15) is 0 Å². The van der Waals surface area contributed by atoms with Gasteiger partial charge >= 0.3 is 0 Å². The van der Waals surface area contributed by atoms with Crippen molar-refractivity contribution >= 4 is 0 Å². The maximum atomic E-state index is 6.09.